The highest BCUT2D eigenvalue weighted by molar-refractivity contribution is 5.30. The van der Waals surface area contributed by atoms with Crippen LogP contribution in [-0.2, 0) is 14.3 Å². The Morgan fingerprint density at radius 3 is 1.41 bits per heavy atom. The Morgan fingerprint density at radius 2 is 1.14 bits per heavy atom. The van der Waals surface area contributed by atoms with Gasteiger partial charge < -0.3 is 4.74 Å². The Labute approximate surface area is 127 Å². The van der Waals surface area contributed by atoms with E-state index in [1.807, 2.05) is 60.7 Å². The average molecular weight is 295 g/mol. The van der Waals surface area contributed by atoms with Crippen molar-refractivity contribution in [2.24, 2.45) is 0 Å². The summed E-state index contributed by atoms with van der Waals surface area (Å²) in [7, 11) is 0. The highest BCUT2D eigenvalue weighted by Gasteiger charge is 2.14. The van der Waals surface area contributed by atoms with Crippen LogP contribution in [-0.4, -0.2) is 12.2 Å². The fourth-order valence-corrected chi connectivity index (χ4v) is 1.64. The van der Waals surface area contributed by atoms with Gasteiger partial charge in [-0.05, 0) is 11.1 Å². The van der Waals surface area contributed by atoms with Crippen LogP contribution in [0.15, 0.2) is 60.7 Å². The Kier molecular flexibility index (Phi) is 10.5. The van der Waals surface area contributed by atoms with Crippen molar-refractivity contribution in [2.75, 3.05) is 0 Å². The van der Waals surface area contributed by atoms with Gasteiger partial charge in [-0.2, -0.15) is 5.26 Å². The maximum absolute atomic E-state index is 8.69. The van der Waals surface area contributed by atoms with E-state index in [9.17, 15) is 0 Å². The zero-order valence-corrected chi connectivity index (χ0v) is 11.5. The van der Waals surface area contributed by atoms with Crippen LogP contribution in [0.2, 0.25) is 0 Å². The van der Waals surface area contributed by atoms with Crippen molar-refractivity contribution < 1.29 is 14.3 Å². The first-order chi connectivity index (χ1) is 10.7. The molecule has 6 heteroatoms. The minimum Gasteiger partial charge on any atom is -0.414 e. The molecule has 0 saturated carbocycles. The predicted molar refractivity (Wildman–Crippen MR) is 78.3 cm³/mol. The lowest BCUT2D eigenvalue weighted by Crippen LogP contribution is -2.02. The van der Waals surface area contributed by atoms with Crippen molar-refractivity contribution in [3.63, 3.8) is 0 Å². The Morgan fingerprint density at radius 1 is 0.818 bits per heavy atom. The topological polar surface area (TPSA) is 115 Å². The summed E-state index contributed by atoms with van der Waals surface area (Å²) in [4.78, 5) is 16.7. The molecule has 0 heterocycles. The summed E-state index contributed by atoms with van der Waals surface area (Å²) in [5.74, 6) is 0. The van der Waals surface area contributed by atoms with E-state index in [-0.39, 0.29) is 6.10 Å². The van der Waals surface area contributed by atoms with Crippen molar-refractivity contribution in [1.82, 2.24) is 0 Å². The normalized spacial score (nSPS) is 7.82. The average Bonchev–Trinajstić information content (AvgIpc) is 2.56. The molecule has 22 heavy (non-hydrogen) atoms. The summed E-state index contributed by atoms with van der Waals surface area (Å²) in [6.45, 7) is 0. The summed E-state index contributed by atoms with van der Waals surface area (Å²) in [5, 5.41) is 19.5. The van der Waals surface area contributed by atoms with Crippen LogP contribution in [0.5, 0.6) is 0 Å². The van der Waals surface area contributed by atoms with Crippen LogP contribution >= 0.6 is 0 Å². The molecular weight excluding hydrogens is 282 g/mol. The summed E-state index contributed by atoms with van der Waals surface area (Å²) in [6, 6.07) is 19.4. The maximum atomic E-state index is 8.69. The van der Waals surface area contributed by atoms with Gasteiger partial charge in [-0.1, -0.05) is 60.7 Å². The fourth-order valence-electron chi connectivity index (χ4n) is 1.64. The first kappa shape index (κ1) is 18.5. The molecular formula is C16H13N3O3. The molecule has 0 radical (unpaired) electrons. The van der Waals surface area contributed by atoms with Gasteiger partial charge in [0.25, 0.3) is 6.26 Å². The molecule has 0 aliphatic rings. The van der Waals surface area contributed by atoms with E-state index in [1.165, 1.54) is 0 Å². The molecule has 0 aliphatic heterocycles. The molecule has 0 aliphatic carbocycles. The lowest BCUT2D eigenvalue weighted by molar-refractivity contribution is 0.202. The van der Waals surface area contributed by atoms with Crippen molar-refractivity contribution in [1.29, 1.82) is 16.1 Å². The van der Waals surface area contributed by atoms with E-state index in [0.717, 1.165) is 23.3 Å². The zero-order valence-electron chi connectivity index (χ0n) is 11.5. The highest BCUT2D eigenvalue weighted by Crippen LogP contribution is 2.24. The van der Waals surface area contributed by atoms with Crippen LogP contribution in [0.4, 0.5) is 0 Å². The summed E-state index contributed by atoms with van der Waals surface area (Å²) in [6.07, 6.45) is 2.95. The highest BCUT2D eigenvalue weighted by atomic mass is 16.5. The monoisotopic (exact) mass is 295 g/mol. The van der Waals surface area contributed by atoms with Gasteiger partial charge in [-0.25, -0.2) is 20.4 Å². The number of isocyanates is 2. The van der Waals surface area contributed by atoms with Crippen LogP contribution in [0.3, 0.4) is 0 Å². The molecule has 0 aromatic heterocycles. The third-order valence-corrected chi connectivity index (χ3v) is 2.38. The second-order valence-electron chi connectivity index (χ2n) is 3.61. The molecule has 0 saturated heterocycles. The number of benzene rings is 2. The Hall–Kier alpha value is -3.51. The molecule has 110 valence electrons. The summed E-state index contributed by atoms with van der Waals surface area (Å²) < 4.78 is 5.12. The van der Waals surface area contributed by atoms with Gasteiger partial charge in [0.05, 0.1) is 0 Å². The van der Waals surface area contributed by atoms with Crippen molar-refractivity contribution in [3.05, 3.63) is 71.8 Å². The molecule has 2 aromatic rings. The quantitative estimate of drug-likeness (QED) is 0.514. The summed E-state index contributed by atoms with van der Waals surface area (Å²) in [5.41, 5.74) is 1.96. The number of ether oxygens (including phenoxy) is 1. The van der Waals surface area contributed by atoms with Gasteiger partial charge in [-0.3, -0.25) is 0 Å². The third kappa shape index (κ3) is 7.17. The summed E-state index contributed by atoms with van der Waals surface area (Å²) >= 11 is 0. The molecule has 2 N–H and O–H groups in total. The van der Waals surface area contributed by atoms with E-state index < -0.39 is 0 Å². The van der Waals surface area contributed by atoms with Gasteiger partial charge in [0.15, 0.2) is 6.10 Å². The Balaban J connectivity index is 0.000000639. The molecule has 0 atom stereocenters. The molecule has 0 amide bonds. The third-order valence-electron chi connectivity index (χ3n) is 2.38. The van der Waals surface area contributed by atoms with Crippen LogP contribution in [0, 0.1) is 22.3 Å². The molecule has 0 unspecified atom stereocenters. The first-order valence-electron chi connectivity index (χ1n) is 5.97. The largest absolute Gasteiger partial charge is 0.414 e. The fraction of sp³-hybridized carbons (Fsp3) is 0.0625. The van der Waals surface area contributed by atoms with Crippen molar-refractivity contribution in [2.45, 2.75) is 6.10 Å². The van der Waals surface area contributed by atoms with Crippen LogP contribution in [0.1, 0.15) is 17.2 Å². The van der Waals surface area contributed by atoms with Gasteiger partial charge >= 0.3 is 0 Å². The predicted octanol–water partition coefficient (Wildman–Crippen LogP) is 3.08. The first-order valence-corrected chi connectivity index (χ1v) is 5.97. The van der Waals surface area contributed by atoms with E-state index in [4.69, 9.17) is 30.4 Å². The van der Waals surface area contributed by atoms with Crippen molar-refractivity contribution >= 4 is 12.2 Å². The van der Waals surface area contributed by atoms with Crippen molar-refractivity contribution in [3.8, 4) is 6.26 Å². The second kappa shape index (κ2) is 12.5. The zero-order chi connectivity index (χ0) is 16.6. The van der Waals surface area contributed by atoms with E-state index in [1.54, 1.807) is 6.26 Å². The number of nitriles is 1. The Bertz CT molecular complexity index is 588. The van der Waals surface area contributed by atoms with E-state index in [2.05, 4.69) is 0 Å². The van der Waals surface area contributed by atoms with Crippen LogP contribution in [0.25, 0.3) is 0 Å². The van der Waals surface area contributed by atoms with Gasteiger partial charge in [0.1, 0.15) is 0 Å². The number of carbonyl (C=O) groups excluding carboxylic acids is 2. The minimum atomic E-state index is -0.313. The van der Waals surface area contributed by atoms with E-state index in [0.29, 0.717) is 0 Å². The smallest absolute Gasteiger partial charge is 0.287 e. The number of hydrogen-bond donors (Lipinski definition) is 2. The lowest BCUT2D eigenvalue weighted by Gasteiger charge is -2.14. The number of rotatable bonds is 3. The molecule has 0 spiro atoms. The number of hydrogen-bond acceptors (Lipinski definition) is 6. The minimum absolute atomic E-state index is 0.313. The van der Waals surface area contributed by atoms with Gasteiger partial charge in [0, 0.05) is 0 Å². The SMILES string of the molecule is N#COC(c1ccccc1)c1ccccc1.N=C=O.N=C=O. The molecule has 0 fully saturated rings. The lowest BCUT2D eigenvalue weighted by atomic mass is 10.0. The van der Waals surface area contributed by atoms with E-state index >= 15 is 0 Å². The number of nitrogens with zero attached hydrogens (tertiary/aromatic N) is 1. The number of nitrogens with one attached hydrogen (secondary N) is 2. The molecule has 2 rings (SSSR count). The van der Waals surface area contributed by atoms with Gasteiger partial charge in [-0.15, -0.1) is 0 Å². The molecule has 0 bridgehead atoms. The molecule has 2 aromatic carbocycles. The maximum Gasteiger partial charge on any atom is 0.287 e. The van der Waals surface area contributed by atoms with Gasteiger partial charge in [0.2, 0.25) is 12.2 Å². The standard InChI is InChI=1S/C14H11NO.2CHNO/c15-11-16-14(12-7-3-1-4-8-12)13-9-5-2-6-10-13;2*2-1-3/h1-10,14H;2*2H. The molecule has 6 nitrogen and oxygen atoms in total. The van der Waals surface area contributed by atoms with Crippen LogP contribution < -0.4 is 0 Å². The second-order valence-corrected chi connectivity index (χ2v) is 3.61.